The molecule has 1 aromatic carbocycles. The molecular formula is C16H19FN2O2. The Balaban J connectivity index is 2.00. The van der Waals surface area contributed by atoms with Gasteiger partial charge in [0.1, 0.15) is 6.61 Å². The molecule has 0 spiro atoms. The summed E-state index contributed by atoms with van der Waals surface area (Å²) in [6.45, 7) is 2.08. The second-order valence-electron chi connectivity index (χ2n) is 4.51. The van der Waals surface area contributed by atoms with Crippen molar-refractivity contribution >= 4 is 0 Å². The van der Waals surface area contributed by atoms with Crippen molar-refractivity contribution in [2.45, 2.75) is 13.2 Å². The van der Waals surface area contributed by atoms with Crippen LogP contribution in [0.5, 0.6) is 5.75 Å². The van der Waals surface area contributed by atoms with E-state index in [-0.39, 0.29) is 18.2 Å². The number of hydrogen-bond donors (Lipinski definition) is 1. The van der Waals surface area contributed by atoms with Crippen LogP contribution in [0.1, 0.15) is 11.3 Å². The van der Waals surface area contributed by atoms with E-state index < -0.39 is 0 Å². The first-order chi connectivity index (χ1) is 10.3. The minimum absolute atomic E-state index is 0.243. The molecule has 0 aliphatic carbocycles. The lowest BCUT2D eigenvalue weighted by Crippen LogP contribution is -2.19. The summed E-state index contributed by atoms with van der Waals surface area (Å²) in [5.41, 5.74) is 1.54. The van der Waals surface area contributed by atoms with Crippen molar-refractivity contribution in [2.75, 3.05) is 20.3 Å². The molecule has 1 N–H and O–H groups in total. The van der Waals surface area contributed by atoms with Crippen LogP contribution >= 0.6 is 0 Å². The summed E-state index contributed by atoms with van der Waals surface area (Å²) in [5.74, 6) is -0.0926. The first-order valence-electron chi connectivity index (χ1n) is 6.81. The number of nitrogens with one attached hydrogen (secondary N) is 1. The molecule has 0 saturated carbocycles. The average molecular weight is 290 g/mol. The van der Waals surface area contributed by atoms with Crippen molar-refractivity contribution in [1.82, 2.24) is 10.3 Å². The van der Waals surface area contributed by atoms with Crippen molar-refractivity contribution < 1.29 is 13.9 Å². The summed E-state index contributed by atoms with van der Waals surface area (Å²) in [6, 6.07) is 10.5. The third kappa shape index (κ3) is 4.81. The highest BCUT2D eigenvalue weighted by molar-refractivity contribution is 5.35. The quantitative estimate of drug-likeness (QED) is 0.759. The first kappa shape index (κ1) is 15.4. The van der Waals surface area contributed by atoms with E-state index in [4.69, 9.17) is 9.47 Å². The second kappa shape index (κ2) is 8.34. The lowest BCUT2D eigenvalue weighted by molar-refractivity contribution is 0.199. The zero-order valence-corrected chi connectivity index (χ0v) is 12.0. The normalized spacial score (nSPS) is 10.6. The molecule has 2 aromatic rings. The number of para-hydroxylation sites is 1. The van der Waals surface area contributed by atoms with Gasteiger partial charge in [0.25, 0.3) is 0 Å². The minimum Gasteiger partial charge on any atom is -0.484 e. The summed E-state index contributed by atoms with van der Waals surface area (Å²) in [5, 5.41) is 3.18. The zero-order chi connectivity index (χ0) is 14.9. The van der Waals surface area contributed by atoms with Crippen LogP contribution in [0.2, 0.25) is 0 Å². The van der Waals surface area contributed by atoms with Gasteiger partial charge in [0.05, 0.1) is 12.3 Å². The number of ether oxygens (including phenoxy) is 2. The summed E-state index contributed by atoms with van der Waals surface area (Å²) in [4.78, 5) is 4.16. The Labute approximate surface area is 123 Å². The number of aromatic nitrogens is 1. The predicted octanol–water partition coefficient (Wildman–Crippen LogP) is 2.54. The molecule has 1 heterocycles. The first-order valence-corrected chi connectivity index (χ1v) is 6.81. The van der Waals surface area contributed by atoms with Gasteiger partial charge in [-0.1, -0.05) is 18.2 Å². The van der Waals surface area contributed by atoms with Gasteiger partial charge in [-0.05, 0) is 18.2 Å². The molecular weight excluding hydrogens is 271 g/mol. The van der Waals surface area contributed by atoms with Crippen LogP contribution in [-0.4, -0.2) is 25.2 Å². The average Bonchev–Trinajstić information content (AvgIpc) is 2.52. The van der Waals surface area contributed by atoms with Gasteiger partial charge in [-0.15, -0.1) is 0 Å². The van der Waals surface area contributed by atoms with Gasteiger partial charge in [-0.3, -0.25) is 4.98 Å². The molecule has 4 nitrogen and oxygen atoms in total. The number of hydrogen-bond acceptors (Lipinski definition) is 4. The Hall–Kier alpha value is -1.98. The van der Waals surface area contributed by atoms with Gasteiger partial charge in [-0.25, -0.2) is 4.39 Å². The topological polar surface area (TPSA) is 43.4 Å². The number of benzene rings is 1. The molecule has 0 unspecified atom stereocenters. The van der Waals surface area contributed by atoms with Crippen molar-refractivity contribution in [3.8, 4) is 5.75 Å². The van der Waals surface area contributed by atoms with Gasteiger partial charge in [-0.2, -0.15) is 0 Å². The molecule has 0 bridgehead atoms. The van der Waals surface area contributed by atoms with Gasteiger partial charge >= 0.3 is 0 Å². The lowest BCUT2D eigenvalue weighted by Gasteiger charge is -2.13. The molecule has 0 radical (unpaired) electrons. The molecule has 21 heavy (non-hydrogen) atoms. The van der Waals surface area contributed by atoms with E-state index in [0.29, 0.717) is 19.7 Å². The van der Waals surface area contributed by atoms with E-state index in [9.17, 15) is 4.39 Å². The highest BCUT2D eigenvalue weighted by atomic mass is 19.1. The van der Waals surface area contributed by atoms with E-state index in [1.165, 1.54) is 6.07 Å². The van der Waals surface area contributed by atoms with Gasteiger partial charge in [0.15, 0.2) is 11.6 Å². The fourth-order valence-electron chi connectivity index (χ4n) is 1.88. The second-order valence-corrected chi connectivity index (χ2v) is 4.51. The lowest BCUT2D eigenvalue weighted by atomic mass is 10.2. The fraction of sp³-hybridized carbons (Fsp3) is 0.312. The predicted molar refractivity (Wildman–Crippen MR) is 78.6 cm³/mol. The van der Waals surface area contributed by atoms with Gasteiger partial charge in [0, 0.05) is 32.0 Å². The van der Waals surface area contributed by atoms with Crippen LogP contribution in [0.4, 0.5) is 4.39 Å². The SMILES string of the molecule is COCCNCc1cccc(F)c1OCc1ccccn1. The zero-order valence-electron chi connectivity index (χ0n) is 12.0. The molecule has 0 aliphatic rings. The molecule has 0 aliphatic heterocycles. The van der Waals surface area contributed by atoms with Crippen molar-refractivity contribution in [3.05, 3.63) is 59.7 Å². The Morgan fingerprint density at radius 3 is 2.86 bits per heavy atom. The van der Waals surface area contributed by atoms with Gasteiger partial charge < -0.3 is 14.8 Å². The molecule has 2 rings (SSSR count). The fourth-order valence-corrected chi connectivity index (χ4v) is 1.88. The molecule has 5 heteroatoms. The highest BCUT2D eigenvalue weighted by Crippen LogP contribution is 2.23. The molecule has 0 amide bonds. The smallest absolute Gasteiger partial charge is 0.165 e. The number of pyridine rings is 1. The molecule has 1 aromatic heterocycles. The Morgan fingerprint density at radius 1 is 1.19 bits per heavy atom. The van der Waals surface area contributed by atoms with Crippen LogP contribution < -0.4 is 10.1 Å². The highest BCUT2D eigenvalue weighted by Gasteiger charge is 2.10. The van der Waals surface area contributed by atoms with E-state index in [1.807, 2.05) is 24.3 Å². The largest absolute Gasteiger partial charge is 0.484 e. The van der Waals surface area contributed by atoms with Crippen molar-refractivity contribution in [1.29, 1.82) is 0 Å². The summed E-state index contributed by atoms with van der Waals surface area (Å²) >= 11 is 0. The number of methoxy groups -OCH3 is 1. The number of nitrogens with zero attached hydrogens (tertiary/aromatic N) is 1. The Bertz CT molecular complexity index is 549. The maximum Gasteiger partial charge on any atom is 0.165 e. The van der Waals surface area contributed by atoms with E-state index in [2.05, 4.69) is 10.3 Å². The minimum atomic E-state index is -0.364. The van der Waals surface area contributed by atoms with Crippen LogP contribution in [-0.2, 0) is 17.9 Å². The number of rotatable bonds is 8. The third-order valence-electron chi connectivity index (χ3n) is 2.94. The van der Waals surface area contributed by atoms with Gasteiger partial charge in [0.2, 0.25) is 0 Å². The Morgan fingerprint density at radius 2 is 2.10 bits per heavy atom. The van der Waals surface area contributed by atoms with E-state index in [1.54, 1.807) is 19.4 Å². The van der Waals surface area contributed by atoms with E-state index >= 15 is 0 Å². The van der Waals surface area contributed by atoms with Crippen molar-refractivity contribution in [3.63, 3.8) is 0 Å². The number of halogens is 1. The summed E-state index contributed by atoms with van der Waals surface area (Å²) in [6.07, 6.45) is 1.69. The van der Waals surface area contributed by atoms with E-state index in [0.717, 1.165) is 11.3 Å². The standard InChI is InChI=1S/C16H19FN2O2/c1-20-10-9-18-11-13-5-4-7-15(17)16(13)21-12-14-6-2-3-8-19-14/h2-8,18H,9-12H2,1H3. The van der Waals surface area contributed by atoms with Crippen molar-refractivity contribution in [2.24, 2.45) is 0 Å². The molecule has 112 valence electrons. The summed E-state index contributed by atoms with van der Waals surface area (Å²) < 4.78 is 24.5. The molecule has 0 saturated heterocycles. The van der Waals surface area contributed by atoms with Crippen LogP contribution in [0, 0.1) is 5.82 Å². The Kier molecular flexibility index (Phi) is 6.12. The maximum absolute atomic E-state index is 13.9. The third-order valence-corrected chi connectivity index (χ3v) is 2.94. The monoisotopic (exact) mass is 290 g/mol. The molecule has 0 atom stereocenters. The van der Waals surface area contributed by atoms with Crippen LogP contribution in [0.25, 0.3) is 0 Å². The van der Waals surface area contributed by atoms with Crippen LogP contribution in [0.3, 0.4) is 0 Å². The summed E-state index contributed by atoms with van der Waals surface area (Å²) in [7, 11) is 1.64. The maximum atomic E-state index is 13.9. The molecule has 0 fully saturated rings. The van der Waals surface area contributed by atoms with Crippen LogP contribution in [0.15, 0.2) is 42.6 Å².